The van der Waals surface area contributed by atoms with E-state index >= 15 is 0 Å². The highest BCUT2D eigenvalue weighted by Crippen LogP contribution is 2.22. The summed E-state index contributed by atoms with van der Waals surface area (Å²) >= 11 is 3.22. The van der Waals surface area contributed by atoms with Crippen molar-refractivity contribution in [2.75, 3.05) is 5.75 Å². The number of pyridine rings is 1. The molecule has 0 spiro atoms. The van der Waals surface area contributed by atoms with Gasteiger partial charge in [0, 0.05) is 18.9 Å². The number of carbonyl (C=O) groups is 1. The maximum absolute atomic E-state index is 11.6. The summed E-state index contributed by atoms with van der Waals surface area (Å²) in [5, 5.41) is 4.89. The molecule has 0 saturated heterocycles. The first-order chi connectivity index (χ1) is 8.34. The van der Waals surface area contributed by atoms with E-state index in [1.54, 1.807) is 35.5 Å². The minimum absolute atomic E-state index is 0.0558. The average Bonchev–Trinajstić information content (AvgIpc) is 2.88. The van der Waals surface area contributed by atoms with Crippen molar-refractivity contribution in [3.05, 3.63) is 47.6 Å². The van der Waals surface area contributed by atoms with Gasteiger partial charge in [0.25, 0.3) is 0 Å². The Morgan fingerprint density at radius 3 is 2.88 bits per heavy atom. The zero-order valence-electron chi connectivity index (χ0n) is 9.13. The largest absolute Gasteiger partial charge is 0.351 e. The molecular weight excluding hydrogens is 252 g/mol. The van der Waals surface area contributed by atoms with E-state index in [2.05, 4.69) is 10.3 Å². The number of aromatic nitrogens is 1. The van der Waals surface area contributed by atoms with Crippen LogP contribution in [-0.2, 0) is 11.3 Å². The summed E-state index contributed by atoms with van der Waals surface area (Å²) in [6, 6.07) is 7.80. The van der Waals surface area contributed by atoms with Crippen LogP contribution in [0.4, 0.5) is 0 Å². The van der Waals surface area contributed by atoms with E-state index in [0.29, 0.717) is 12.3 Å². The Morgan fingerprint density at radius 2 is 2.18 bits per heavy atom. The van der Waals surface area contributed by atoms with E-state index in [-0.39, 0.29) is 5.91 Å². The fraction of sp³-hybridized carbons (Fsp3) is 0.167. The van der Waals surface area contributed by atoms with Crippen molar-refractivity contribution in [2.45, 2.75) is 10.8 Å². The van der Waals surface area contributed by atoms with Gasteiger partial charge >= 0.3 is 0 Å². The Kier molecular flexibility index (Phi) is 4.58. The summed E-state index contributed by atoms with van der Waals surface area (Å²) in [5.74, 6) is 0.520. The fourth-order valence-corrected chi connectivity index (χ4v) is 2.85. The van der Waals surface area contributed by atoms with Gasteiger partial charge in [-0.1, -0.05) is 6.07 Å². The lowest BCUT2D eigenvalue weighted by Gasteiger charge is -2.04. The quantitative estimate of drug-likeness (QED) is 0.844. The number of thiophene rings is 1. The third kappa shape index (κ3) is 4.20. The van der Waals surface area contributed by atoms with Gasteiger partial charge in [-0.15, -0.1) is 23.1 Å². The van der Waals surface area contributed by atoms with Gasteiger partial charge < -0.3 is 5.32 Å². The van der Waals surface area contributed by atoms with Crippen LogP contribution >= 0.6 is 23.1 Å². The zero-order chi connectivity index (χ0) is 11.9. The van der Waals surface area contributed by atoms with Gasteiger partial charge in [-0.25, -0.2) is 0 Å². The maximum Gasteiger partial charge on any atom is 0.230 e. The molecule has 2 aromatic rings. The van der Waals surface area contributed by atoms with Crippen molar-refractivity contribution < 1.29 is 4.79 Å². The van der Waals surface area contributed by atoms with Crippen molar-refractivity contribution in [3.8, 4) is 0 Å². The molecule has 0 atom stereocenters. The van der Waals surface area contributed by atoms with E-state index in [1.165, 1.54) is 4.21 Å². The Labute approximate surface area is 108 Å². The van der Waals surface area contributed by atoms with E-state index < -0.39 is 0 Å². The first-order valence-electron chi connectivity index (χ1n) is 5.16. The van der Waals surface area contributed by atoms with Crippen LogP contribution in [0, 0.1) is 0 Å². The highest BCUT2D eigenvalue weighted by Gasteiger charge is 2.03. The molecule has 0 aliphatic carbocycles. The first-order valence-corrected chi connectivity index (χ1v) is 7.03. The number of thioether (sulfide) groups is 1. The number of rotatable bonds is 5. The van der Waals surface area contributed by atoms with Crippen LogP contribution < -0.4 is 5.32 Å². The van der Waals surface area contributed by atoms with Crippen LogP contribution in [0.5, 0.6) is 0 Å². The SMILES string of the molecule is O=C(CSc1cccs1)NCc1ccncc1. The van der Waals surface area contributed by atoms with Crippen LogP contribution in [-0.4, -0.2) is 16.6 Å². The predicted molar refractivity (Wildman–Crippen MR) is 71.1 cm³/mol. The fourth-order valence-electron chi connectivity index (χ4n) is 1.23. The van der Waals surface area contributed by atoms with Crippen molar-refractivity contribution in [2.24, 2.45) is 0 Å². The molecule has 2 rings (SSSR count). The normalized spacial score (nSPS) is 10.1. The number of hydrogen-bond donors (Lipinski definition) is 1. The zero-order valence-corrected chi connectivity index (χ0v) is 10.8. The summed E-state index contributed by atoms with van der Waals surface area (Å²) in [7, 11) is 0. The number of nitrogens with zero attached hydrogens (tertiary/aromatic N) is 1. The van der Waals surface area contributed by atoms with Crippen LogP contribution in [0.3, 0.4) is 0 Å². The molecule has 0 aliphatic rings. The summed E-state index contributed by atoms with van der Waals surface area (Å²) in [6.07, 6.45) is 3.45. The van der Waals surface area contributed by atoms with Crippen LogP contribution in [0.15, 0.2) is 46.2 Å². The van der Waals surface area contributed by atoms with Crippen molar-refractivity contribution in [3.63, 3.8) is 0 Å². The molecule has 2 heterocycles. The highest BCUT2D eigenvalue weighted by atomic mass is 32.2. The van der Waals surface area contributed by atoms with Gasteiger partial charge in [-0.3, -0.25) is 9.78 Å². The Hall–Kier alpha value is -1.33. The minimum atomic E-state index is 0.0558. The minimum Gasteiger partial charge on any atom is -0.351 e. The van der Waals surface area contributed by atoms with Gasteiger partial charge in [0.05, 0.1) is 9.96 Å². The third-order valence-electron chi connectivity index (χ3n) is 2.08. The first kappa shape index (κ1) is 12.1. The van der Waals surface area contributed by atoms with E-state index in [9.17, 15) is 4.79 Å². The molecule has 5 heteroatoms. The third-order valence-corrected chi connectivity index (χ3v) is 4.21. The summed E-state index contributed by atoms with van der Waals surface area (Å²) in [4.78, 5) is 15.5. The second-order valence-corrected chi connectivity index (χ2v) is 5.58. The monoisotopic (exact) mass is 264 g/mol. The second kappa shape index (κ2) is 6.42. The molecule has 17 heavy (non-hydrogen) atoms. The second-order valence-electron chi connectivity index (χ2n) is 3.35. The standard InChI is InChI=1S/C12H12N2OS2/c15-11(9-17-12-2-1-7-16-12)14-8-10-3-5-13-6-4-10/h1-7H,8-9H2,(H,14,15). The number of carbonyl (C=O) groups excluding carboxylic acids is 1. The molecule has 0 fully saturated rings. The van der Waals surface area contributed by atoms with Gasteiger partial charge in [0.2, 0.25) is 5.91 Å². The number of nitrogens with one attached hydrogen (secondary N) is 1. The average molecular weight is 264 g/mol. The molecule has 0 bridgehead atoms. The molecule has 88 valence electrons. The Balaban J connectivity index is 1.71. The number of hydrogen-bond acceptors (Lipinski definition) is 4. The topological polar surface area (TPSA) is 42.0 Å². The van der Waals surface area contributed by atoms with Crippen LogP contribution in [0.2, 0.25) is 0 Å². The molecule has 1 N–H and O–H groups in total. The summed E-state index contributed by atoms with van der Waals surface area (Å²) in [6.45, 7) is 0.562. The predicted octanol–water partition coefficient (Wildman–Crippen LogP) is 2.55. The van der Waals surface area contributed by atoms with E-state index in [0.717, 1.165) is 5.56 Å². The van der Waals surface area contributed by atoms with Crippen LogP contribution in [0.1, 0.15) is 5.56 Å². The molecule has 0 saturated carbocycles. The lowest BCUT2D eigenvalue weighted by molar-refractivity contribution is -0.118. The molecule has 0 aliphatic heterocycles. The van der Waals surface area contributed by atoms with E-state index in [4.69, 9.17) is 0 Å². The Morgan fingerprint density at radius 1 is 1.35 bits per heavy atom. The molecule has 1 amide bonds. The summed E-state index contributed by atoms with van der Waals surface area (Å²) < 4.78 is 1.17. The smallest absolute Gasteiger partial charge is 0.230 e. The summed E-state index contributed by atoms with van der Waals surface area (Å²) in [5.41, 5.74) is 1.06. The van der Waals surface area contributed by atoms with Crippen molar-refractivity contribution >= 4 is 29.0 Å². The molecule has 0 unspecified atom stereocenters. The molecule has 0 aromatic carbocycles. The van der Waals surface area contributed by atoms with E-state index in [1.807, 2.05) is 29.6 Å². The van der Waals surface area contributed by atoms with Crippen LogP contribution in [0.25, 0.3) is 0 Å². The number of amides is 1. The highest BCUT2D eigenvalue weighted by molar-refractivity contribution is 8.01. The van der Waals surface area contributed by atoms with Gasteiger partial charge in [0.1, 0.15) is 0 Å². The van der Waals surface area contributed by atoms with Gasteiger partial charge in [-0.2, -0.15) is 0 Å². The Bertz CT molecular complexity index is 457. The lowest BCUT2D eigenvalue weighted by Crippen LogP contribution is -2.24. The molecular formula is C12H12N2OS2. The molecule has 3 nitrogen and oxygen atoms in total. The van der Waals surface area contributed by atoms with Gasteiger partial charge in [-0.05, 0) is 29.1 Å². The molecule has 0 radical (unpaired) electrons. The van der Waals surface area contributed by atoms with Crippen molar-refractivity contribution in [1.29, 1.82) is 0 Å². The van der Waals surface area contributed by atoms with Crippen molar-refractivity contribution in [1.82, 2.24) is 10.3 Å². The lowest BCUT2D eigenvalue weighted by atomic mass is 10.3. The van der Waals surface area contributed by atoms with Gasteiger partial charge in [0.15, 0.2) is 0 Å². The maximum atomic E-state index is 11.6. The molecule has 2 aromatic heterocycles.